The average Bonchev–Trinajstić information content (AvgIpc) is 2.69. The Morgan fingerprint density at radius 1 is 0.769 bits per heavy atom. The fraction of sp³-hybridized carbons (Fsp3) is 0.208. The normalized spacial score (nSPS) is 20.1. The van der Waals surface area contributed by atoms with Crippen molar-refractivity contribution in [2.24, 2.45) is 0 Å². The van der Waals surface area contributed by atoms with Crippen LogP contribution in [-0.4, -0.2) is 17.6 Å². The number of hydrogen-bond acceptors (Lipinski definition) is 1. The standard InChI is InChI=1S/C24H23OP/c1-18-17-21(25)15-16-26(18)24-22(19-9-4-2-5-10-19)13-8-14-23(24)20-11-6-3-7-12-20/h2-14,18H,15-17H2,1H3. The molecule has 130 valence electrons. The lowest BCUT2D eigenvalue weighted by Crippen LogP contribution is -2.25. The summed E-state index contributed by atoms with van der Waals surface area (Å²) < 4.78 is 0. The molecule has 0 aliphatic carbocycles. The Hall–Kier alpha value is -2.24. The Kier molecular flexibility index (Phi) is 5.00. The molecule has 1 aliphatic heterocycles. The molecule has 2 atom stereocenters. The van der Waals surface area contributed by atoms with Crippen molar-refractivity contribution < 1.29 is 4.79 Å². The third-order valence-electron chi connectivity index (χ3n) is 5.18. The van der Waals surface area contributed by atoms with Crippen LogP contribution in [0.25, 0.3) is 22.3 Å². The van der Waals surface area contributed by atoms with Gasteiger partial charge in [-0.3, -0.25) is 4.79 Å². The third-order valence-corrected chi connectivity index (χ3v) is 8.19. The van der Waals surface area contributed by atoms with E-state index >= 15 is 0 Å². The van der Waals surface area contributed by atoms with Crippen molar-refractivity contribution in [3.63, 3.8) is 0 Å². The van der Waals surface area contributed by atoms with E-state index in [4.69, 9.17) is 0 Å². The van der Waals surface area contributed by atoms with Crippen molar-refractivity contribution in [1.82, 2.24) is 0 Å². The first-order chi connectivity index (χ1) is 12.7. The first-order valence-electron chi connectivity index (χ1n) is 9.26. The van der Waals surface area contributed by atoms with Crippen LogP contribution in [0.5, 0.6) is 0 Å². The fourth-order valence-electron chi connectivity index (χ4n) is 3.89. The van der Waals surface area contributed by atoms with E-state index in [1.165, 1.54) is 27.6 Å². The van der Waals surface area contributed by atoms with Crippen LogP contribution in [0.4, 0.5) is 0 Å². The summed E-state index contributed by atoms with van der Waals surface area (Å²) in [6.07, 6.45) is 2.47. The smallest absolute Gasteiger partial charge is 0.133 e. The molecule has 1 fully saturated rings. The van der Waals surface area contributed by atoms with Gasteiger partial charge in [-0.1, -0.05) is 93.7 Å². The van der Waals surface area contributed by atoms with Crippen molar-refractivity contribution >= 4 is 19.0 Å². The number of hydrogen-bond donors (Lipinski definition) is 0. The van der Waals surface area contributed by atoms with E-state index in [-0.39, 0.29) is 7.92 Å². The van der Waals surface area contributed by atoms with Crippen LogP contribution in [0.2, 0.25) is 0 Å². The predicted octanol–water partition coefficient (Wildman–Crippen LogP) is 5.88. The van der Waals surface area contributed by atoms with E-state index in [0.717, 1.165) is 19.0 Å². The molecular formula is C24H23OP. The molecule has 2 unspecified atom stereocenters. The summed E-state index contributed by atoms with van der Waals surface area (Å²) in [5.41, 5.74) is 5.65. The SMILES string of the molecule is CC1CC(=O)CCP1c1c(-c2ccccc2)cccc1-c1ccccc1. The van der Waals surface area contributed by atoms with Crippen LogP contribution in [0, 0.1) is 0 Å². The summed E-state index contributed by atoms with van der Waals surface area (Å²) in [6, 6.07) is 28.0. The van der Waals surface area contributed by atoms with Crippen molar-refractivity contribution in [1.29, 1.82) is 0 Å². The first kappa shape index (κ1) is 17.2. The second-order valence-electron chi connectivity index (χ2n) is 6.97. The lowest BCUT2D eigenvalue weighted by molar-refractivity contribution is -0.118. The van der Waals surface area contributed by atoms with Crippen LogP contribution in [0.3, 0.4) is 0 Å². The van der Waals surface area contributed by atoms with Gasteiger partial charge < -0.3 is 0 Å². The van der Waals surface area contributed by atoms with E-state index in [9.17, 15) is 4.79 Å². The molecule has 1 heterocycles. The van der Waals surface area contributed by atoms with Crippen LogP contribution in [0.1, 0.15) is 19.8 Å². The minimum absolute atomic E-state index is 0.364. The van der Waals surface area contributed by atoms with Crippen LogP contribution < -0.4 is 5.30 Å². The summed E-state index contributed by atoms with van der Waals surface area (Å²) in [5, 5.41) is 1.47. The Bertz CT molecular complexity index is 844. The molecule has 0 bridgehead atoms. The monoisotopic (exact) mass is 358 g/mol. The summed E-state index contributed by atoms with van der Waals surface area (Å²) in [7, 11) is -0.364. The van der Waals surface area contributed by atoms with Crippen molar-refractivity contribution in [3.05, 3.63) is 78.9 Å². The molecule has 0 aromatic heterocycles. The fourth-order valence-corrected chi connectivity index (χ4v) is 6.94. The van der Waals surface area contributed by atoms with Gasteiger partial charge in [0.2, 0.25) is 0 Å². The molecule has 0 spiro atoms. The molecule has 3 aromatic carbocycles. The van der Waals surface area contributed by atoms with Gasteiger partial charge in [0.25, 0.3) is 0 Å². The minimum atomic E-state index is -0.364. The van der Waals surface area contributed by atoms with Gasteiger partial charge in [-0.15, -0.1) is 0 Å². The second kappa shape index (κ2) is 7.56. The second-order valence-corrected chi connectivity index (χ2v) is 9.68. The van der Waals surface area contributed by atoms with E-state index in [1.54, 1.807) is 0 Å². The molecule has 1 saturated heterocycles. The van der Waals surface area contributed by atoms with Gasteiger partial charge in [-0.25, -0.2) is 0 Å². The number of benzene rings is 3. The maximum atomic E-state index is 12.0. The molecular weight excluding hydrogens is 335 g/mol. The van der Waals surface area contributed by atoms with Gasteiger partial charge >= 0.3 is 0 Å². The molecule has 0 radical (unpaired) electrons. The lowest BCUT2D eigenvalue weighted by atomic mass is 9.99. The van der Waals surface area contributed by atoms with Crippen LogP contribution in [0.15, 0.2) is 78.9 Å². The van der Waals surface area contributed by atoms with Gasteiger partial charge in [0, 0.05) is 12.8 Å². The summed E-state index contributed by atoms with van der Waals surface area (Å²) in [5.74, 6) is 0.426. The maximum Gasteiger partial charge on any atom is 0.133 e. The molecule has 0 N–H and O–H groups in total. The molecule has 1 nitrogen and oxygen atoms in total. The Morgan fingerprint density at radius 2 is 1.31 bits per heavy atom. The highest BCUT2D eigenvalue weighted by atomic mass is 31.1. The number of carbonyl (C=O) groups is 1. The van der Waals surface area contributed by atoms with Gasteiger partial charge in [0.15, 0.2) is 0 Å². The third kappa shape index (κ3) is 3.37. The highest BCUT2D eigenvalue weighted by molar-refractivity contribution is 7.67. The van der Waals surface area contributed by atoms with E-state index in [0.29, 0.717) is 11.4 Å². The molecule has 0 saturated carbocycles. The topological polar surface area (TPSA) is 17.1 Å². The minimum Gasteiger partial charge on any atom is -0.300 e. The predicted molar refractivity (Wildman–Crippen MR) is 112 cm³/mol. The summed E-state index contributed by atoms with van der Waals surface area (Å²) >= 11 is 0. The summed E-state index contributed by atoms with van der Waals surface area (Å²) in [6.45, 7) is 2.26. The van der Waals surface area contributed by atoms with E-state index < -0.39 is 0 Å². The average molecular weight is 358 g/mol. The molecule has 0 amide bonds. The number of Topliss-reactive ketones (excluding diaryl/α,β-unsaturated/α-hetero) is 1. The Balaban J connectivity index is 1.92. The van der Waals surface area contributed by atoms with Crippen molar-refractivity contribution in [2.45, 2.75) is 25.4 Å². The van der Waals surface area contributed by atoms with E-state index in [2.05, 4.69) is 85.8 Å². The zero-order chi connectivity index (χ0) is 17.9. The number of rotatable bonds is 3. The largest absolute Gasteiger partial charge is 0.300 e. The summed E-state index contributed by atoms with van der Waals surface area (Å²) in [4.78, 5) is 12.0. The molecule has 1 aliphatic rings. The quantitative estimate of drug-likeness (QED) is 0.534. The van der Waals surface area contributed by atoms with Crippen LogP contribution in [-0.2, 0) is 4.79 Å². The lowest BCUT2D eigenvalue weighted by Gasteiger charge is -2.32. The number of carbonyl (C=O) groups excluding carboxylic acids is 1. The highest BCUT2D eigenvalue weighted by Crippen LogP contribution is 2.50. The van der Waals surface area contributed by atoms with Crippen molar-refractivity contribution in [3.8, 4) is 22.3 Å². The Labute approximate surface area is 156 Å². The zero-order valence-electron chi connectivity index (χ0n) is 15.1. The van der Waals surface area contributed by atoms with Crippen LogP contribution >= 0.6 is 7.92 Å². The van der Waals surface area contributed by atoms with Gasteiger partial charge in [-0.2, -0.15) is 0 Å². The van der Waals surface area contributed by atoms with E-state index in [1.807, 2.05) is 0 Å². The highest BCUT2D eigenvalue weighted by Gasteiger charge is 2.30. The zero-order valence-corrected chi connectivity index (χ0v) is 16.0. The van der Waals surface area contributed by atoms with Gasteiger partial charge in [0.05, 0.1) is 0 Å². The van der Waals surface area contributed by atoms with Gasteiger partial charge in [0.1, 0.15) is 5.78 Å². The molecule has 2 heteroatoms. The maximum absolute atomic E-state index is 12.0. The number of ketones is 1. The Morgan fingerprint density at radius 3 is 1.81 bits per heavy atom. The molecule has 26 heavy (non-hydrogen) atoms. The molecule has 4 rings (SSSR count). The van der Waals surface area contributed by atoms with Crippen molar-refractivity contribution in [2.75, 3.05) is 6.16 Å². The van der Waals surface area contributed by atoms with Gasteiger partial charge in [-0.05, 0) is 39.4 Å². The first-order valence-corrected chi connectivity index (χ1v) is 10.9. The molecule has 3 aromatic rings.